The second kappa shape index (κ2) is 6.50. The molecule has 0 spiro atoms. The van der Waals surface area contributed by atoms with Crippen molar-refractivity contribution in [3.63, 3.8) is 0 Å². The fourth-order valence-electron chi connectivity index (χ4n) is 1.75. The van der Waals surface area contributed by atoms with Gasteiger partial charge in [0.2, 0.25) is 0 Å². The van der Waals surface area contributed by atoms with Crippen molar-refractivity contribution in [2.24, 2.45) is 5.92 Å². The molecule has 2 rings (SSSR count). The summed E-state index contributed by atoms with van der Waals surface area (Å²) in [7, 11) is 1.67. The predicted molar refractivity (Wildman–Crippen MR) is 68.7 cm³/mol. The van der Waals surface area contributed by atoms with Gasteiger partial charge in [0.1, 0.15) is 18.1 Å². The molecule has 0 radical (unpaired) electrons. The lowest BCUT2D eigenvalue weighted by molar-refractivity contribution is 0.312. The van der Waals surface area contributed by atoms with E-state index in [-0.39, 0.29) is 0 Å². The fourth-order valence-corrected chi connectivity index (χ4v) is 1.75. The molecule has 1 aliphatic rings. The number of nitrogens with one attached hydrogen (secondary N) is 1. The highest BCUT2D eigenvalue weighted by Gasteiger charge is 2.19. The van der Waals surface area contributed by atoms with Gasteiger partial charge in [-0.3, -0.25) is 0 Å². The van der Waals surface area contributed by atoms with Gasteiger partial charge in [-0.1, -0.05) is 12.8 Å². The molecule has 1 fully saturated rings. The van der Waals surface area contributed by atoms with Crippen LogP contribution in [0.1, 0.15) is 19.3 Å². The zero-order chi connectivity index (χ0) is 11.9. The van der Waals surface area contributed by atoms with Crippen molar-refractivity contribution in [3.05, 3.63) is 24.3 Å². The summed E-state index contributed by atoms with van der Waals surface area (Å²) in [5, 5.41) is 3.40. The molecule has 1 aromatic carbocycles. The first-order valence-electron chi connectivity index (χ1n) is 6.36. The first-order valence-corrected chi connectivity index (χ1v) is 6.36. The molecule has 1 saturated carbocycles. The number of benzene rings is 1. The standard InChI is InChI=1S/C14H21NO2/c1-16-13-4-6-14(7-5-13)17-11-10-15-9-8-12-2-3-12/h4-7,12,15H,2-3,8-11H2,1H3. The highest BCUT2D eigenvalue weighted by molar-refractivity contribution is 5.31. The van der Waals surface area contributed by atoms with Crippen LogP contribution in [-0.4, -0.2) is 26.8 Å². The Kier molecular flexibility index (Phi) is 4.68. The van der Waals surface area contributed by atoms with Crippen LogP contribution in [0.25, 0.3) is 0 Å². The van der Waals surface area contributed by atoms with Crippen LogP contribution >= 0.6 is 0 Å². The molecule has 0 unspecified atom stereocenters. The van der Waals surface area contributed by atoms with E-state index < -0.39 is 0 Å². The van der Waals surface area contributed by atoms with E-state index in [1.807, 2.05) is 24.3 Å². The minimum atomic E-state index is 0.719. The minimum Gasteiger partial charge on any atom is -0.497 e. The number of ether oxygens (including phenoxy) is 2. The average Bonchev–Trinajstić information content (AvgIpc) is 3.18. The van der Waals surface area contributed by atoms with Gasteiger partial charge in [0.15, 0.2) is 0 Å². The summed E-state index contributed by atoms with van der Waals surface area (Å²) in [6.45, 7) is 2.76. The first kappa shape index (κ1) is 12.2. The van der Waals surface area contributed by atoms with E-state index in [2.05, 4.69) is 5.32 Å². The molecule has 0 atom stereocenters. The third kappa shape index (κ3) is 4.65. The molecule has 0 bridgehead atoms. The summed E-state index contributed by atoms with van der Waals surface area (Å²) in [5.74, 6) is 2.76. The second-order valence-corrected chi connectivity index (χ2v) is 4.51. The molecule has 0 heterocycles. The van der Waals surface area contributed by atoms with Gasteiger partial charge in [0.05, 0.1) is 7.11 Å². The van der Waals surface area contributed by atoms with Crippen LogP contribution in [0.3, 0.4) is 0 Å². The van der Waals surface area contributed by atoms with Crippen LogP contribution in [0.5, 0.6) is 11.5 Å². The number of methoxy groups -OCH3 is 1. The molecule has 0 aromatic heterocycles. The van der Waals surface area contributed by atoms with Crippen molar-refractivity contribution in [2.45, 2.75) is 19.3 Å². The number of rotatable bonds is 8. The Balaban J connectivity index is 1.53. The van der Waals surface area contributed by atoms with Gasteiger partial charge in [-0.05, 0) is 43.1 Å². The van der Waals surface area contributed by atoms with Gasteiger partial charge in [-0.2, -0.15) is 0 Å². The van der Waals surface area contributed by atoms with Gasteiger partial charge >= 0.3 is 0 Å². The van der Waals surface area contributed by atoms with Crippen molar-refractivity contribution in [1.29, 1.82) is 0 Å². The third-order valence-corrected chi connectivity index (χ3v) is 3.03. The zero-order valence-corrected chi connectivity index (χ0v) is 10.4. The minimum absolute atomic E-state index is 0.719. The van der Waals surface area contributed by atoms with Crippen LogP contribution in [0.4, 0.5) is 0 Å². The second-order valence-electron chi connectivity index (χ2n) is 4.51. The Morgan fingerprint density at radius 1 is 1.12 bits per heavy atom. The maximum absolute atomic E-state index is 5.61. The Hall–Kier alpha value is -1.22. The normalized spacial score (nSPS) is 14.6. The first-order chi connectivity index (χ1) is 8.38. The van der Waals surface area contributed by atoms with Crippen LogP contribution in [0.15, 0.2) is 24.3 Å². The van der Waals surface area contributed by atoms with E-state index in [4.69, 9.17) is 9.47 Å². The van der Waals surface area contributed by atoms with Gasteiger partial charge < -0.3 is 14.8 Å². The molecule has 0 saturated heterocycles. The number of hydrogen-bond donors (Lipinski definition) is 1. The van der Waals surface area contributed by atoms with Crippen molar-refractivity contribution in [2.75, 3.05) is 26.8 Å². The molecule has 1 N–H and O–H groups in total. The Bertz CT molecular complexity index is 319. The molecule has 0 amide bonds. The Morgan fingerprint density at radius 2 is 1.82 bits per heavy atom. The predicted octanol–water partition coefficient (Wildman–Crippen LogP) is 2.46. The van der Waals surface area contributed by atoms with Crippen LogP contribution in [0, 0.1) is 5.92 Å². The van der Waals surface area contributed by atoms with E-state index in [9.17, 15) is 0 Å². The molecule has 3 nitrogen and oxygen atoms in total. The Labute approximate surface area is 103 Å². The lowest BCUT2D eigenvalue weighted by atomic mass is 10.3. The molecule has 0 aliphatic heterocycles. The lowest BCUT2D eigenvalue weighted by Crippen LogP contribution is -2.22. The van der Waals surface area contributed by atoms with Crippen LogP contribution < -0.4 is 14.8 Å². The largest absolute Gasteiger partial charge is 0.497 e. The maximum atomic E-state index is 5.61. The van der Waals surface area contributed by atoms with Crippen molar-refractivity contribution in [1.82, 2.24) is 5.32 Å². The highest BCUT2D eigenvalue weighted by atomic mass is 16.5. The zero-order valence-electron chi connectivity index (χ0n) is 10.4. The highest BCUT2D eigenvalue weighted by Crippen LogP contribution is 2.31. The molecular weight excluding hydrogens is 214 g/mol. The lowest BCUT2D eigenvalue weighted by Gasteiger charge is -2.08. The Morgan fingerprint density at radius 3 is 2.47 bits per heavy atom. The van der Waals surface area contributed by atoms with Crippen LogP contribution in [0.2, 0.25) is 0 Å². The van der Waals surface area contributed by atoms with E-state index >= 15 is 0 Å². The monoisotopic (exact) mass is 235 g/mol. The molecular formula is C14H21NO2. The topological polar surface area (TPSA) is 30.5 Å². The van der Waals surface area contributed by atoms with Crippen LogP contribution in [-0.2, 0) is 0 Å². The summed E-state index contributed by atoms with van der Waals surface area (Å²) >= 11 is 0. The number of hydrogen-bond acceptors (Lipinski definition) is 3. The van der Waals surface area contributed by atoms with Gasteiger partial charge in [0, 0.05) is 6.54 Å². The van der Waals surface area contributed by atoms with Crippen molar-refractivity contribution in [3.8, 4) is 11.5 Å². The van der Waals surface area contributed by atoms with E-state index in [0.29, 0.717) is 0 Å². The summed E-state index contributed by atoms with van der Waals surface area (Å²) < 4.78 is 10.7. The molecule has 94 valence electrons. The molecule has 1 aromatic rings. The summed E-state index contributed by atoms with van der Waals surface area (Å²) in [6.07, 6.45) is 4.19. The molecule has 3 heteroatoms. The van der Waals surface area contributed by atoms with E-state index in [1.54, 1.807) is 7.11 Å². The smallest absolute Gasteiger partial charge is 0.119 e. The summed E-state index contributed by atoms with van der Waals surface area (Å²) in [5.41, 5.74) is 0. The summed E-state index contributed by atoms with van der Waals surface area (Å²) in [6, 6.07) is 7.69. The van der Waals surface area contributed by atoms with Gasteiger partial charge in [-0.25, -0.2) is 0 Å². The van der Waals surface area contributed by atoms with Gasteiger partial charge in [-0.15, -0.1) is 0 Å². The van der Waals surface area contributed by atoms with E-state index in [0.717, 1.165) is 37.1 Å². The van der Waals surface area contributed by atoms with Crippen molar-refractivity contribution >= 4 is 0 Å². The average molecular weight is 235 g/mol. The molecule has 1 aliphatic carbocycles. The fraction of sp³-hybridized carbons (Fsp3) is 0.571. The van der Waals surface area contributed by atoms with Gasteiger partial charge in [0.25, 0.3) is 0 Å². The van der Waals surface area contributed by atoms with E-state index in [1.165, 1.54) is 19.3 Å². The quantitative estimate of drug-likeness (QED) is 0.702. The third-order valence-electron chi connectivity index (χ3n) is 3.03. The maximum Gasteiger partial charge on any atom is 0.119 e. The SMILES string of the molecule is COc1ccc(OCCNCCC2CC2)cc1. The summed E-state index contributed by atoms with van der Waals surface area (Å²) in [4.78, 5) is 0. The van der Waals surface area contributed by atoms with Crippen molar-refractivity contribution < 1.29 is 9.47 Å². The molecule has 17 heavy (non-hydrogen) atoms.